The second-order valence-electron chi connectivity index (χ2n) is 4.36. The van der Waals surface area contributed by atoms with Gasteiger partial charge in [0.25, 0.3) is 0 Å². The number of methoxy groups -OCH3 is 1. The molecule has 0 amide bonds. The van der Waals surface area contributed by atoms with Gasteiger partial charge in [-0.25, -0.2) is 0 Å². The maximum Gasteiger partial charge on any atom is 0.202 e. The molecule has 1 aromatic rings. The van der Waals surface area contributed by atoms with Crippen LogP contribution in [0.25, 0.3) is 0 Å². The van der Waals surface area contributed by atoms with E-state index in [9.17, 15) is 0 Å². The topological polar surface area (TPSA) is 93.7 Å². The van der Waals surface area contributed by atoms with Gasteiger partial charge in [0.1, 0.15) is 11.8 Å². The average Bonchev–Trinajstić information content (AvgIpc) is 2.56. The van der Waals surface area contributed by atoms with E-state index in [1.807, 2.05) is 6.07 Å². The number of hydrogen-bond acceptors (Lipinski definition) is 6. The van der Waals surface area contributed by atoms with E-state index < -0.39 is 0 Å². The van der Waals surface area contributed by atoms with Crippen LogP contribution in [0.15, 0.2) is 29.4 Å². The molecule has 0 spiro atoms. The van der Waals surface area contributed by atoms with E-state index in [1.165, 1.54) is 0 Å². The number of nitrogens with one attached hydrogen (secondary N) is 2. The number of anilines is 1. The van der Waals surface area contributed by atoms with Gasteiger partial charge in [-0.05, 0) is 24.3 Å². The van der Waals surface area contributed by atoms with Crippen LogP contribution >= 0.6 is 0 Å². The molecule has 0 saturated carbocycles. The zero-order valence-corrected chi connectivity index (χ0v) is 11.8. The van der Waals surface area contributed by atoms with Crippen molar-refractivity contribution >= 4 is 17.2 Å². The van der Waals surface area contributed by atoms with Crippen molar-refractivity contribution in [3.8, 4) is 11.8 Å². The van der Waals surface area contributed by atoms with E-state index in [4.69, 9.17) is 20.1 Å². The minimum absolute atomic E-state index is 0.0488. The number of nitriles is 1. The molecule has 1 heterocycles. The molecule has 2 N–H and O–H groups in total. The van der Waals surface area contributed by atoms with E-state index in [1.54, 1.807) is 36.3 Å². The molecule has 1 saturated heterocycles. The molecule has 0 aliphatic carbocycles. The highest BCUT2D eigenvalue weighted by atomic mass is 16.5. The smallest absolute Gasteiger partial charge is 0.202 e. The number of morpholine rings is 1. The normalized spacial score (nSPS) is 15.2. The lowest BCUT2D eigenvalue weighted by molar-refractivity contribution is 0.0686. The predicted molar refractivity (Wildman–Crippen MR) is 79.8 cm³/mol. The van der Waals surface area contributed by atoms with Crippen molar-refractivity contribution in [2.45, 2.75) is 0 Å². The van der Waals surface area contributed by atoms with Crippen LogP contribution in [0.2, 0.25) is 0 Å². The Morgan fingerprint density at radius 3 is 2.62 bits per heavy atom. The second-order valence-corrected chi connectivity index (χ2v) is 4.36. The summed E-state index contributed by atoms with van der Waals surface area (Å²) in [5.74, 6) is 0.855. The van der Waals surface area contributed by atoms with Gasteiger partial charge in [-0.2, -0.15) is 10.4 Å². The van der Waals surface area contributed by atoms with Crippen molar-refractivity contribution in [1.82, 2.24) is 4.90 Å². The summed E-state index contributed by atoms with van der Waals surface area (Å²) in [4.78, 5) is 1.78. The number of rotatable bonds is 4. The van der Waals surface area contributed by atoms with Crippen LogP contribution in [0, 0.1) is 16.7 Å². The molecule has 0 unspecified atom stereocenters. The largest absolute Gasteiger partial charge is 0.497 e. The highest BCUT2D eigenvalue weighted by Crippen LogP contribution is 2.14. The molecule has 21 heavy (non-hydrogen) atoms. The third-order valence-electron chi connectivity index (χ3n) is 3.04. The number of ether oxygens (including phenoxy) is 2. The minimum atomic E-state index is 0.0488. The summed E-state index contributed by atoms with van der Waals surface area (Å²) in [5.41, 5.74) is 3.55. The molecular weight excluding hydrogens is 270 g/mol. The van der Waals surface area contributed by atoms with Crippen LogP contribution in [0.3, 0.4) is 0 Å². The second kappa shape index (κ2) is 7.26. The molecular formula is C14H17N5O2. The van der Waals surface area contributed by atoms with Gasteiger partial charge in [0.05, 0.1) is 26.0 Å². The summed E-state index contributed by atoms with van der Waals surface area (Å²) >= 11 is 0. The SMILES string of the molecule is COc1ccc(N/N=C(/C#N)C(=N)N2CCOCC2)cc1. The Balaban J connectivity index is 2.02. The van der Waals surface area contributed by atoms with E-state index in [0.717, 1.165) is 11.4 Å². The van der Waals surface area contributed by atoms with Gasteiger partial charge in [0.2, 0.25) is 5.71 Å². The molecule has 7 nitrogen and oxygen atoms in total. The lowest BCUT2D eigenvalue weighted by Gasteiger charge is -2.28. The number of amidine groups is 1. The molecule has 1 fully saturated rings. The maximum atomic E-state index is 9.15. The first-order chi connectivity index (χ1) is 10.2. The van der Waals surface area contributed by atoms with Gasteiger partial charge < -0.3 is 14.4 Å². The fourth-order valence-corrected chi connectivity index (χ4v) is 1.85. The summed E-state index contributed by atoms with van der Waals surface area (Å²) < 4.78 is 10.3. The van der Waals surface area contributed by atoms with Crippen LogP contribution in [0.4, 0.5) is 5.69 Å². The Morgan fingerprint density at radius 1 is 1.38 bits per heavy atom. The van der Waals surface area contributed by atoms with E-state index >= 15 is 0 Å². The Morgan fingerprint density at radius 2 is 2.05 bits per heavy atom. The molecule has 0 radical (unpaired) electrons. The molecule has 110 valence electrons. The molecule has 7 heteroatoms. The van der Waals surface area contributed by atoms with Crippen LogP contribution in [0.5, 0.6) is 5.75 Å². The van der Waals surface area contributed by atoms with Crippen molar-refractivity contribution in [3.63, 3.8) is 0 Å². The number of hydrogen-bond donors (Lipinski definition) is 2. The van der Waals surface area contributed by atoms with Crippen LogP contribution < -0.4 is 10.2 Å². The van der Waals surface area contributed by atoms with Crippen molar-refractivity contribution in [1.29, 1.82) is 10.7 Å². The van der Waals surface area contributed by atoms with E-state index in [-0.39, 0.29) is 11.5 Å². The lowest BCUT2D eigenvalue weighted by Crippen LogP contribution is -2.43. The van der Waals surface area contributed by atoms with Gasteiger partial charge in [-0.15, -0.1) is 0 Å². The van der Waals surface area contributed by atoms with Gasteiger partial charge in [0.15, 0.2) is 5.84 Å². The molecule has 0 bridgehead atoms. The van der Waals surface area contributed by atoms with E-state index in [0.29, 0.717) is 26.3 Å². The van der Waals surface area contributed by atoms with Crippen LogP contribution in [-0.2, 0) is 4.74 Å². The third kappa shape index (κ3) is 3.94. The monoisotopic (exact) mass is 287 g/mol. The first-order valence-corrected chi connectivity index (χ1v) is 6.54. The minimum Gasteiger partial charge on any atom is -0.497 e. The summed E-state index contributed by atoms with van der Waals surface area (Å²) in [7, 11) is 1.60. The fourth-order valence-electron chi connectivity index (χ4n) is 1.85. The van der Waals surface area contributed by atoms with Gasteiger partial charge >= 0.3 is 0 Å². The summed E-state index contributed by atoms with van der Waals surface area (Å²) in [6.45, 7) is 2.32. The Hall–Kier alpha value is -2.59. The molecule has 0 atom stereocenters. The fraction of sp³-hybridized carbons (Fsp3) is 0.357. The highest BCUT2D eigenvalue weighted by Gasteiger charge is 2.18. The zero-order chi connectivity index (χ0) is 15.1. The van der Waals surface area contributed by atoms with Crippen molar-refractivity contribution < 1.29 is 9.47 Å². The third-order valence-corrected chi connectivity index (χ3v) is 3.04. The standard InChI is InChI=1S/C14H17N5O2/c1-20-12-4-2-11(3-5-12)17-18-13(10-15)14(16)19-6-8-21-9-7-19/h2-5,16-17H,6-9H2,1H3/b16-14?,18-13-. The first-order valence-electron chi connectivity index (χ1n) is 6.54. The van der Waals surface area contributed by atoms with Crippen LogP contribution in [-0.4, -0.2) is 49.9 Å². The van der Waals surface area contributed by atoms with Crippen LogP contribution in [0.1, 0.15) is 0 Å². The van der Waals surface area contributed by atoms with E-state index in [2.05, 4.69) is 10.5 Å². The molecule has 1 aliphatic rings. The lowest BCUT2D eigenvalue weighted by atomic mass is 10.3. The molecule has 1 aromatic carbocycles. The Bertz CT molecular complexity index is 556. The summed E-state index contributed by atoms with van der Waals surface area (Å²) in [6, 6.07) is 9.10. The molecule has 2 rings (SSSR count). The first kappa shape index (κ1) is 14.8. The predicted octanol–water partition coefficient (Wildman–Crippen LogP) is 1.30. The Kier molecular flexibility index (Phi) is 5.12. The molecule has 1 aliphatic heterocycles. The van der Waals surface area contributed by atoms with Crippen molar-refractivity contribution in [2.75, 3.05) is 38.8 Å². The van der Waals surface area contributed by atoms with Crippen molar-refractivity contribution in [3.05, 3.63) is 24.3 Å². The number of nitrogens with zero attached hydrogens (tertiary/aromatic N) is 3. The summed E-state index contributed by atoms with van der Waals surface area (Å²) in [5, 5.41) is 21.2. The summed E-state index contributed by atoms with van der Waals surface area (Å²) in [6.07, 6.45) is 0. The van der Waals surface area contributed by atoms with Gasteiger partial charge in [0, 0.05) is 13.1 Å². The zero-order valence-electron chi connectivity index (χ0n) is 11.8. The Labute approximate surface area is 123 Å². The van der Waals surface area contributed by atoms with Crippen molar-refractivity contribution in [2.24, 2.45) is 5.10 Å². The average molecular weight is 287 g/mol. The van der Waals surface area contributed by atoms with Gasteiger partial charge in [-0.3, -0.25) is 10.8 Å². The number of benzene rings is 1. The quantitative estimate of drug-likeness (QED) is 0.494. The highest BCUT2D eigenvalue weighted by molar-refractivity contribution is 6.46. The number of hydrazone groups is 1. The molecule has 0 aromatic heterocycles. The van der Waals surface area contributed by atoms with Gasteiger partial charge in [-0.1, -0.05) is 0 Å². The maximum absolute atomic E-state index is 9.15.